The first-order valence-corrected chi connectivity index (χ1v) is 8.69. The second-order valence-corrected chi connectivity index (χ2v) is 6.75. The topological polar surface area (TPSA) is 88.5 Å². The Morgan fingerprint density at radius 1 is 1.26 bits per heavy atom. The van der Waals surface area contributed by atoms with E-state index >= 15 is 0 Å². The summed E-state index contributed by atoms with van der Waals surface area (Å²) in [5, 5.41) is 12.2. The molecule has 2 heterocycles. The SMILES string of the molecule is COc1ccc([N+](=O)[O-])cc1C(=O)N1CCc2[nH]c3ccc(C)cc3c2C1. The van der Waals surface area contributed by atoms with Crippen LogP contribution < -0.4 is 4.74 Å². The Kier molecular flexibility index (Phi) is 4.07. The molecule has 1 amide bonds. The summed E-state index contributed by atoms with van der Waals surface area (Å²) in [6, 6.07) is 10.3. The number of fused-ring (bicyclic) bond motifs is 3. The van der Waals surface area contributed by atoms with Crippen LogP contribution in [-0.2, 0) is 13.0 Å². The van der Waals surface area contributed by atoms with Gasteiger partial charge in [-0.3, -0.25) is 14.9 Å². The van der Waals surface area contributed by atoms with Crippen molar-refractivity contribution in [1.82, 2.24) is 9.88 Å². The molecule has 0 bridgehead atoms. The summed E-state index contributed by atoms with van der Waals surface area (Å²) < 4.78 is 5.26. The molecule has 0 unspecified atom stereocenters. The van der Waals surface area contributed by atoms with Gasteiger partial charge in [0.25, 0.3) is 11.6 Å². The van der Waals surface area contributed by atoms with E-state index in [4.69, 9.17) is 4.74 Å². The number of ether oxygens (including phenoxy) is 1. The zero-order valence-corrected chi connectivity index (χ0v) is 15.1. The molecular formula is C20H19N3O4. The molecule has 0 fully saturated rings. The standard InChI is InChI=1S/C20H19N3O4/c1-12-3-5-17-14(9-12)16-11-22(8-7-18(16)21-17)20(24)15-10-13(23(25)26)4-6-19(15)27-2/h3-6,9-10,21H,7-8,11H2,1-2H3. The Morgan fingerprint density at radius 2 is 2.07 bits per heavy atom. The summed E-state index contributed by atoms with van der Waals surface area (Å²) in [5.74, 6) is 0.0781. The van der Waals surface area contributed by atoms with Gasteiger partial charge in [0, 0.05) is 53.8 Å². The van der Waals surface area contributed by atoms with Crippen molar-refractivity contribution in [3.05, 3.63) is 68.9 Å². The molecule has 1 aliphatic rings. The third-order valence-corrected chi connectivity index (χ3v) is 5.04. The van der Waals surface area contributed by atoms with Crippen LogP contribution in [-0.4, -0.2) is 34.4 Å². The van der Waals surface area contributed by atoms with E-state index < -0.39 is 4.92 Å². The normalized spacial score (nSPS) is 13.5. The molecule has 1 aromatic heterocycles. The lowest BCUT2D eigenvalue weighted by Gasteiger charge is -2.27. The molecule has 7 heteroatoms. The van der Waals surface area contributed by atoms with E-state index in [-0.39, 0.29) is 17.2 Å². The number of methoxy groups -OCH3 is 1. The fourth-order valence-electron chi connectivity index (χ4n) is 3.65. The second-order valence-electron chi connectivity index (χ2n) is 6.75. The summed E-state index contributed by atoms with van der Waals surface area (Å²) in [7, 11) is 1.45. The van der Waals surface area contributed by atoms with Crippen molar-refractivity contribution in [1.29, 1.82) is 0 Å². The lowest BCUT2D eigenvalue weighted by atomic mass is 10.0. The van der Waals surface area contributed by atoms with Gasteiger partial charge in [0.1, 0.15) is 5.75 Å². The number of aromatic amines is 1. The van der Waals surface area contributed by atoms with E-state index in [1.54, 1.807) is 4.90 Å². The van der Waals surface area contributed by atoms with Crippen molar-refractivity contribution in [2.24, 2.45) is 0 Å². The zero-order valence-electron chi connectivity index (χ0n) is 15.1. The van der Waals surface area contributed by atoms with Gasteiger partial charge in [-0.1, -0.05) is 11.6 Å². The van der Waals surface area contributed by atoms with Gasteiger partial charge in [0.15, 0.2) is 0 Å². The van der Waals surface area contributed by atoms with E-state index in [9.17, 15) is 14.9 Å². The number of hydrogen-bond acceptors (Lipinski definition) is 4. The zero-order chi connectivity index (χ0) is 19.1. The van der Waals surface area contributed by atoms with Gasteiger partial charge < -0.3 is 14.6 Å². The molecular weight excluding hydrogens is 346 g/mol. The number of nitrogens with zero attached hydrogens (tertiary/aromatic N) is 2. The first-order valence-electron chi connectivity index (χ1n) is 8.69. The van der Waals surface area contributed by atoms with Gasteiger partial charge in [-0.05, 0) is 25.1 Å². The Hall–Kier alpha value is -3.35. The Balaban J connectivity index is 1.71. The first-order chi connectivity index (χ1) is 13.0. The minimum Gasteiger partial charge on any atom is -0.496 e. The van der Waals surface area contributed by atoms with E-state index in [2.05, 4.69) is 23.2 Å². The summed E-state index contributed by atoms with van der Waals surface area (Å²) in [6.45, 7) is 3.05. The molecule has 0 saturated carbocycles. The number of nitrogens with one attached hydrogen (secondary N) is 1. The van der Waals surface area contributed by atoms with E-state index in [1.165, 1.54) is 25.3 Å². The summed E-state index contributed by atoms with van der Waals surface area (Å²) in [6.07, 6.45) is 0.714. The number of benzene rings is 2. The third kappa shape index (κ3) is 2.91. The van der Waals surface area contributed by atoms with Gasteiger partial charge in [-0.15, -0.1) is 0 Å². The Bertz CT molecular complexity index is 1070. The van der Waals surface area contributed by atoms with Crippen LogP contribution in [0.25, 0.3) is 10.9 Å². The van der Waals surface area contributed by atoms with Crippen LogP contribution in [0.3, 0.4) is 0 Å². The number of H-pyrrole nitrogens is 1. The van der Waals surface area contributed by atoms with E-state index in [1.807, 2.05) is 6.92 Å². The minimum absolute atomic E-state index is 0.125. The van der Waals surface area contributed by atoms with Crippen LogP contribution in [0.2, 0.25) is 0 Å². The number of aromatic nitrogens is 1. The number of non-ortho nitro benzene ring substituents is 1. The number of carbonyl (C=O) groups is 1. The molecule has 0 saturated heterocycles. The van der Waals surface area contributed by atoms with Gasteiger partial charge >= 0.3 is 0 Å². The molecule has 27 heavy (non-hydrogen) atoms. The molecule has 0 radical (unpaired) electrons. The van der Waals surface area contributed by atoms with Crippen LogP contribution in [0.4, 0.5) is 5.69 Å². The molecule has 1 N–H and O–H groups in total. The number of rotatable bonds is 3. The predicted octanol–water partition coefficient (Wildman–Crippen LogP) is 3.59. The van der Waals surface area contributed by atoms with Gasteiger partial charge in [-0.2, -0.15) is 0 Å². The van der Waals surface area contributed by atoms with Crippen LogP contribution >= 0.6 is 0 Å². The lowest BCUT2D eigenvalue weighted by Crippen LogP contribution is -2.36. The summed E-state index contributed by atoms with van der Waals surface area (Å²) in [5.41, 5.74) is 4.56. The predicted molar refractivity (Wildman–Crippen MR) is 101 cm³/mol. The van der Waals surface area contributed by atoms with E-state index in [0.717, 1.165) is 27.7 Å². The Labute approximate surface area is 155 Å². The van der Waals surface area contributed by atoms with Crippen LogP contribution in [0.5, 0.6) is 5.75 Å². The Morgan fingerprint density at radius 3 is 2.81 bits per heavy atom. The van der Waals surface area contributed by atoms with E-state index in [0.29, 0.717) is 25.3 Å². The quantitative estimate of drug-likeness (QED) is 0.567. The maximum atomic E-state index is 13.1. The first kappa shape index (κ1) is 17.1. The van der Waals surface area contributed by atoms with Gasteiger partial charge in [0.05, 0.1) is 17.6 Å². The van der Waals surface area contributed by atoms with Crippen molar-refractivity contribution in [3.63, 3.8) is 0 Å². The average Bonchev–Trinajstić information content (AvgIpc) is 3.03. The number of aryl methyl sites for hydroxylation is 1. The molecule has 0 aliphatic carbocycles. The summed E-state index contributed by atoms with van der Waals surface area (Å²) >= 11 is 0. The molecule has 0 atom stereocenters. The van der Waals surface area contributed by atoms with Crippen LogP contribution in [0.15, 0.2) is 36.4 Å². The highest BCUT2D eigenvalue weighted by Gasteiger charge is 2.27. The fourth-order valence-corrected chi connectivity index (χ4v) is 3.65. The maximum absolute atomic E-state index is 13.1. The number of hydrogen-bond donors (Lipinski definition) is 1. The van der Waals surface area contributed by atoms with Crippen LogP contribution in [0, 0.1) is 17.0 Å². The van der Waals surface area contributed by atoms with Crippen LogP contribution in [0.1, 0.15) is 27.2 Å². The highest BCUT2D eigenvalue weighted by molar-refractivity contribution is 5.98. The largest absolute Gasteiger partial charge is 0.496 e. The lowest BCUT2D eigenvalue weighted by molar-refractivity contribution is -0.384. The van der Waals surface area contributed by atoms with Crippen molar-refractivity contribution < 1.29 is 14.5 Å². The average molecular weight is 365 g/mol. The maximum Gasteiger partial charge on any atom is 0.270 e. The highest BCUT2D eigenvalue weighted by atomic mass is 16.6. The molecule has 138 valence electrons. The molecule has 3 aromatic rings. The molecule has 0 spiro atoms. The van der Waals surface area contributed by atoms with Crippen molar-refractivity contribution in [2.45, 2.75) is 19.9 Å². The fraction of sp³-hybridized carbons (Fsp3) is 0.250. The monoisotopic (exact) mass is 365 g/mol. The number of amides is 1. The number of nitro groups is 1. The molecule has 2 aromatic carbocycles. The number of nitro benzene ring substituents is 1. The minimum atomic E-state index is -0.507. The van der Waals surface area contributed by atoms with Crippen molar-refractivity contribution in [3.8, 4) is 5.75 Å². The smallest absolute Gasteiger partial charge is 0.270 e. The second kappa shape index (κ2) is 6.42. The molecule has 7 nitrogen and oxygen atoms in total. The van der Waals surface area contributed by atoms with Crippen molar-refractivity contribution >= 4 is 22.5 Å². The summed E-state index contributed by atoms with van der Waals surface area (Å²) in [4.78, 5) is 28.8. The highest BCUT2D eigenvalue weighted by Crippen LogP contribution is 2.31. The van der Waals surface area contributed by atoms with Gasteiger partial charge in [-0.25, -0.2) is 0 Å². The van der Waals surface area contributed by atoms with Crippen molar-refractivity contribution in [2.75, 3.05) is 13.7 Å². The molecule has 4 rings (SSSR count). The van der Waals surface area contributed by atoms with Gasteiger partial charge in [0.2, 0.25) is 0 Å². The molecule has 1 aliphatic heterocycles. The third-order valence-electron chi connectivity index (χ3n) is 5.04. The number of carbonyl (C=O) groups excluding carboxylic acids is 1.